The van der Waals surface area contributed by atoms with Crippen molar-refractivity contribution in [1.29, 1.82) is 0 Å². The third-order valence-electron chi connectivity index (χ3n) is 8.54. The Morgan fingerprint density at radius 3 is 2.76 bits per heavy atom. The fraction of sp³-hybridized carbons (Fsp3) is 0.630. The van der Waals surface area contributed by atoms with Gasteiger partial charge in [0, 0.05) is 30.6 Å². The number of methoxy groups -OCH3 is 1. The van der Waals surface area contributed by atoms with Crippen LogP contribution in [0.25, 0.3) is 0 Å². The third kappa shape index (κ3) is 3.32. The van der Waals surface area contributed by atoms with Gasteiger partial charge in [-0.05, 0) is 81.0 Å². The molecule has 1 aromatic carbocycles. The lowest BCUT2D eigenvalue weighted by molar-refractivity contribution is -0.139. The predicted octanol–water partition coefficient (Wildman–Crippen LogP) is 3.11. The standard InChI is InChI=1S/C27H33N3O3/c1-32-21-10-12-26(13-11-21)16-20-9-8-19(7-6-18-4-5-18)15-23(20)27(26)24(31)30(25(28)29-27)17-22-3-2-14-33-22/h8-9,15,18,21-22H,2-5,10-14,16-17H2,1H3,(H2,28,29)/t21?,22?,26?,27-/m1/s1. The van der Waals surface area contributed by atoms with Gasteiger partial charge >= 0.3 is 0 Å². The molecule has 2 N–H and O–H groups in total. The Labute approximate surface area is 195 Å². The van der Waals surface area contributed by atoms with Gasteiger partial charge in [-0.3, -0.25) is 9.69 Å². The maximum Gasteiger partial charge on any atom is 0.262 e. The normalized spacial score (nSPS) is 35.1. The second kappa shape index (κ2) is 7.85. The highest BCUT2D eigenvalue weighted by molar-refractivity contribution is 6.08. The van der Waals surface area contributed by atoms with Crippen molar-refractivity contribution in [2.75, 3.05) is 20.3 Å². The lowest BCUT2D eigenvalue weighted by atomic mass is 9.61. The summed E-state index contributed by atoms with van der Waals surface area (Å²) in [5.74, 6) is 7.62. The number of ether oxygens (including phenoxy) is 2. The maximum atomic E-state index is 14.3. The highest BCUT2D eigenvalue weighted by Gasteiger charge is 2.66. The second-order valence-electron chi connectivity index (χ2n) is 10.5. The number of amides is 1. The van der Waals surface area contributed by atoms with E-state index in [1.54, 1.807) is 12.0 Å². The number of nitrogens with zero attached hydrogens (tertiary/aromatic N) is 2. The van der Waals surface area contributed by atoms with Crippen LogP contribution in [-0.4, -0.2) is 49.2 Å². The van der Waals surface area contributed by atoms with E-state index in [4.69, 9.17) is 20.2 Å². The zero-order valence-electron chi connectivity index (χ0n) is 19.4. The molecule has 2 heterocycles. The Hall–Kier alpha value is -2.36. The summed E-state index contributed by atoms with van der Waals surface area (Å²) in [5.41, 5.74) is 8.48. The summed E-state index contributed by atoms with van der Waals surface area (Å²) in [6, 6.07) is 6.41. The van der Waals surface area contributed by atoms with Crippen LogP contribution < -0.4 is 5.73 Å². The Morgan fingerprint density at radius 2 is 2.06 bits per heavy atom. The first-order chi connectivity index (χ1) is 16.0. The van der Waals surface area contributed by atoms with Gasteiger partial charge in [0.1, 0.15) is 0 Å². The molecule has 1 unspecified atom stereocenters. The molecule has 1 aromatic rings. The molecule has 5 aliphatic rings. The van der Waals surface area contributed by atoms with Crippen molar-refractivity contribution in [2.24, 2.45) is 22.1 Å². The molecule has 1 saturated heterocycles. The number of hydrogen-bond donors (Lipinski definition) is 1. The van der Waals surface area contributed by atoms with Crippen LogP contribution in [0.3, 0.4) is 0 Å². The van der Waals surface area contributed by atoms with Crippen molar-refractivity contribution in [3.05, 3.63) is 34.9 Å². The number of fused-ring (bicyclic) bond motifs is 3. The van der Waals surface area contributed by atoms with Crippen LogP contribution in [-0.2, 0) is 26.2 Å². The molecule has 0 aromatic heterocycles. The van der Waals surface area contributed by atoms with Crippen molar-refractivity contribution in [2.45, 2.75) is 75.5 Å². The van der Waals surface area contributed by atoms with Gasteiger partial charge in [0.25, 0.3) is 5.91 Å². The molecule has 33 heavy (non-hydrogen) atoms. The van der Waals surface area contributed by atoms with Crippen molar-refractivity contribution >= 4 is 11.9 Å². The molecule has 3 fully saturated rings. The molecule has 0 radical (unpaired) electrons. The van der Waals surface area contributed by atoms with E-state index in [0.717, 1.165) is 62.7 Å². The lowest BCUT2D eigenvalue weighted by Gasteiger charge is -2.45. The van der Waals surface area contributed by atoms with Gasteiger partial charge in [-0.15, -0.1) is 0 Å². The first kappa shape index (κ1) is 21.2. The van der Waals surface area contributed by atoms with Gasteiger partial charge < -0.3 is 15.2 Å². The van der Waals surface area contributed by atoms with Crippen LogP contribution in [0.15, 0.2) is 23.2 Å². The molecule has 1 amide bonds. The number of nitrogens with two attached hydrogens (primary N) is 1. The van der Waals surface area contributed by atoms with Gasteiger partial charge in [0.2, 0.25) is 0 Å². The predicted molar refractivity (Wildman–Crippen MR) is 125 cm³/mol. The van der Waals surface area contributed by atoms with Gasteiger partial charge in [0.05, 0.1) is 18.8 Å². The van der Waals surface area contributed by atoms with E-state index in [2.05, 4.69) is 30.0 Å². The summed E-state index contributed by atoms with van der Waals surface area (Å²) in [4.78, 5) is 21.1. The molecule has 6 rings (SSSR count). The zero-order chi connectivity index (χ0) is 22.6. The Balaban J connectivity index is 1.42. The zero-order valence-corrected chi connectivity index (χ0v) is 19.4. The van der Waals surface area contributed by atoms with Crippen molar-refractivity contribution in [3.8, 4) is 11.8 Å². The van der Waals surface area contributed by atoms with E-state index in [-0.39, 0.29) is 23.5 Å². The highest BCUT2D eigenvalue weighted by atomic mass is 16.5. The fourth-order valence-electron chi connectivity index (χ4n) is 6.52. The van der Waals surface area contributed by atoms with E-state index in [9.17, 15) is 4.79 Å². The third-order valence-corrected chi connectivity index (χ3v) is 8.54. The van der Waals surface area contributed by atoms with Crippen molar-refractivity contribution in [1.82, 2.24) is 4.90 Å². The van der Waals surface area contributed by atoms with Crippen LogP contribution >= 0.6 is 0 Å². The Bertz CT molecular complexity index is 1050. The van der Waals surface area contributed by atoms with Crippen LogP contribution in [0.4, 0.5) is 0 Å². The van der Waals surface area contributed by atoms with Crippen molar-refractivity contribution < 1.29 is 14.3 Å². The number of rotatable bonds is 3. The molecule has 0 bridgehead atoms. The summed E-state index contributed by atoms with van der Waals surface area (Å²) in [6.07, 6.45) is 9.21. The smallest absolute Gasteiger partial charge is 0.262 e. The number of hydrogen-bond acceptors (Lipinski definition) is 5. The van der Waals surface area contributed by atoms with E-state index < -0.39 is 5.54 Å². The second-order valence-corrected chi connectivity index (χ2v) is 10.5. The van der Waals surface area contributed by atoms with Gasteiger partial charge in [-0.1, -0.05) is 17.9 Å². The van der Waals surface area contributed by atoms with Crippen LogP contribution in [0.1, 0.15) is 68.1 Å². The minimum atomic E-state index is -0.957. The molecular formula is C27H33N3O3. The Morgan fingerprint density at radius 1 is 1.24 bits per heavy atom. The highest BCUT2D eigenvalue weighted by Crippen LogP contribution is 2.62. The van der Waals surface area contributed by atoms with Crippen molar-refractivity contribution in [3.63, 3.8) is 0 Å². The molecular weight excluding hydrogens is 414 g/mol. The summed E-state index contributed by atoms with van der Waals surface area (Å²) in [5, 5.41) is 0. The summed E-state index contributed by atoms with van der Waals surface area (Å²) < 4.78 is 11.5. The fourth-order valence-corrected chi connectivity index (χ4v) is 6.52. The van der Waals surface area contributed by atoms with Crippen LogP contribution in [0.5, 0.6) is 0 Å². The number of carbonyl (C=O) groups is 1. The minimum Gasteiger partial charge on any atom is -0.381 e. The monoisotopic (exact) mass is 447 g/mol. The molecule has 2 spiro atoms. The molecule has 174 valence electrons. The lowest BCUT2D eigenvalue weighted by Crippen LogP contribution is -2.53. The Kier molecular flexibility index (Phi) is 5.04. The molecule has 2 saturated carbocycles. The SMILES string of the molecule is COC1CCC2(CC1)Cc1ccc(C#CC3CC3)cc1[C@]21N=C(N)N(CC2CCCO2)C1=O. The van der Waals surface area contributed by atoms with E-state index in [1.807, 2.05) is 0 Å². The summed E-state index contributed by atoms with van der Waals surface area (Å²) >= 11 is 0. The minimum absolute atomic E-state index is 0.0254. The number of carbonyl (C=O) groups excluding carboxylic acids is 1. The summed E-state index contributed by atoms with van der Waals surface area (Å²) in [7, 11) is 1.78. The summed E-state index contributed by atoms with van der Waals surface area (Å²) in [6.45, 7) is 1.24. The van der Waals surface area contributed by atoms with Gasteiger partial charge in [0.15, 0.2) is 11.5 Å². The number of guanidine groups is 1. The van der Waals surface area contributed by atoms with Gasteiger partial charge in [-0.25, -0.2) is 4.99 Å². The average molecular weight is 448 g/mol. The molecule has 3 aliphatic carbocycles. The molecule has 2 atom stereocenters. The molecule has 6 heteroatoms. The molecule has 2 aliphatic heterocycles. The average Bonchev–Trinajstić information content (AvgIpc) is 3.36. The van der Waals surface area contributed by atoms with E-state index >= 15 is 0 Å². The number of aliphatic imine (C=N–C) groups is 1. The topological polar surface area (TPSA) is 77.2 Å². The maximum absolute atomic E-state index is 14.3. The quantitative estimate of drug-likeness (QED) is 0.723. The van der Waals surface area contributed by atoms with Gasteiger partial charge in [-0.2, -0.15) is 0 Å². The number of benzene rings is 1. The van der Waals surface area contributed by atoms with Crippen LogP contribution in [0.2, 0.25) is 0 Å². The first-order valence-corrected chi connectivity index (χ1v) is 12.5. The van der Waals surface area contributed by atoms with E-state index in [1.165, 1.54) is 18.4 Å². The largest absolute Gasteiger partial charge is 0.381 e. The van der Waals surface area contributed by atoms with E-state index in [0.29, 0.717) is 18.4 Å². The molecule has 6 nitrogen and oxygen atoms in total. The first-order valence-electron chi connectivity index (χ1n) is 12.5. The van der Waals surface area contributed by atoms with Crippen LogP contribution in [0, 0.1) is 23.2 Å².